The monoisotopic (exact) mass is 271 g/mol. The molecule has 1 N–H and O–H groups in total. The smallest absolute Gasteiger partial charge is 0.387 e. The molecule has 1 aliphatic heterocycles. The van der Waals surface area contributed by atoms with Gasteiger partial charge in [0.25, 0.3) is 5.91 Å². The molecule has 1 amide bonds. The Balaban J connectivity index is 2.04. The number of amides is 1. The molecule has 1 fully saturated rings. The van der Waals surface area contributed by atoms with Crippen LogP contribution in [0.3, 0.4) is 0 Å². The Morgan fingerprint density at radius 2 is 2.05 bits per heavy atom. The summed E-state index contributed by atoms with van der Waals surface area (Å²) in [5, 5.41) is 9.81. The van der Waals surface area contributed by atoms with Crippen LogP contribution in [0.5, 0.6) is 5.75 Å². The maximum Gasteiger partial charge on any atom is 0.387 e. The molecule has 0 spiro atoms. The van der Waals surface area contributed by atoms with E-state index >= 15 is 0 Å². The number of β-amino-alcohol motifs (C(OH)–C–C–N with tert-alkyl or cyclic N) is 1. The van der Waals surface area contributed by atoms with Crippen LogP contribution in [0.1, 0.15) is 23.7 Å². The SMILES string of the molecule is CC1(O)CCN(C(=O)c2ccc(OC(F)F)cc2)C1. The quantitative estimate of drug-likeness (QED) is 0.913. The number of aliphatic hydroxyl groups is 1. The van der Waals surface area contributed by atoms with E-state index in [1.54, 1.807) is 11.8 Å². The minimum atomic E-state index is -2.88. The average molecular weight is 271 g/mol. The number of carbonyl (C=O) groups excluding carboxylic acids is 1. The van der Waals surface area contributed by atoms with Gasteiger partial charge in [0.05, 0.1) is 5.60 Å². The van der Waals surface area contributed by atoms with Crippen molar-refractivity contribution in [2.45, 2.75) is 25.6 Å². The average Bonchev–Trinajstić information content (AvgIpc) is 2.69. The molecule has 4 nitrogen and oxygen atoms in total. The number of benzene rings is 1. The number of rotatable bonds is 3. The Morgan fingerprint density at radius 1 is 1.42 bits per heavy atom. The Morgan fingerprint density at radius 3 is 2.53 bits per heavy atom. The van der Waals surface area contributed by atoms with Gasteiger partial charge in [-0.15, -0.1) is 0 Å². The van der Waals surface area contributed by atoms with Crippen molar-refractivity contribution >= 4 is 5.91 Å². The van der Waals surface area contributed by atoms with Crippen molar-refractivity contribution in [3.05, 3.63) is 29.8 Å². The maximum absolute atomic E-state index is 12.1. The number of halogens is 2. The number of nitrogens with zero attached hydrogens (tertiary/aromatic N) is 1. The molecule has 1 aliphatic rings. The first-order valence-electron chi connectivity index (χ1n) is 5.94. The summed E-state index contributed by atoms with van der Waals surface area (Å²) in [6.07, 6.45) is 0.533. The lowest BCUT2D eigenvalue weighted by Gasteiger charge is -2.19. The Labute approximate surface area is 109 Å². The maximum atomic E-state index is 12.1. The molecule has 2 rings (SSSR count). The summed E-state index contributed by atoms with van der Waals surface area (Å²) in [6.45, 7) is -0.433. The zero-order valence-electron chi connectivity index (χ0n) is 10.5. The fourth-order valence-corrected chi connectivity index (χ4v) is 2.08. The lowest BCUT2D eigenvalue weighted by atomic mass is 10.1. The van der Waals surface area contributed by atoms with E-state index in [1.165, 1.54) is 24.3 Å². The van der Waals surface area contributed by atoms with Gasteiger partial charge < -0.3 is 14.7 Å². The fraction of sp³-hybridized carbons (Fsp3) is 0.462. The lowest BCUT2D eigenvalue weighted by Crippen LogP contribution is -2.33. The second-order valence-electron chi connectivity index (χ2n) is 4.88. The first-order valence-corrected chi connectivity index (χ1v) is 5.94. The molecule has 6 heteroatoms. The minimum absolute atomic E-state index is 0.0139. The van der Waals surface area contributed by atoms with Crippen molar-refractivity contribution in [2.75, 3.05) is 13.1 Å². The third-order valence-electron chi connectivity index (χ3n) is 3.07. The first kappa shape index (κ1) is 13.7. The van der Waals surface area contributed by atoms with Crippen molar-refractivity contribution in [1.82, 2.24) is 4.90 Å². The van der Waals surface area contributed by atoms with E-state index in [4.69, 9.17) is 0 Å². The van der Waals surface area contributed by atoms with Crippen LogP contribution in [-0.2, 0) is 0 Å². The predicted octanol–water partition coefficient (Wildman–Crippen LogP) is 1.88. The second-order valence-corrected chi connectivity index (χ2v) is 4.88. The zero-order chi connectivity index (χ0) is 14.0. The van der Waals surface area contributed by atoms with Crippen LogP contribution < -0.4 is 4.74 Å². The van der Waals surface area contributed by atoms with Crippen molar-refractivity contribution in [2.24, 2.45) is 0 Å². The van der Waals surface area contributed by atoms with Crippen molar-refractivity contribution in [1.29, 1.82) is 0 Å². The van der Waals surface area contributed by atoms with Crippen molar-refractivity contribution in [3.63, 3.8) is 0 Å². The van der Waals surface area contributed by atoms with Crippen LogP contribution in [0.25, 0.3) is 0 Å². The summed E-state index contributed by atoms with van der Waals surface area (Å²) >= 11 is 0. The van der Waals surface area contributed by atoms with Crippen LogP contribution in [-0.4, -0.2) is 41.2 Å². The van der Waals surface area contributed by atoms with E-state index in [2.05, 4.69) is 4.74 Å². The highest BCUT2D eigenvalue weighted by Gasteiger charge is 2.34. The van der Waals surface area contributed by atoms with Crippen LogP contribution in [0.2, 0.25) is 0 Å². The van der Waals surface area contributed by atoms with E-state index in [9.17, 15) is 18.7 Å². The second kappa shape index (κ2) is 5.13. The van der Waals surface area contributed by atoms with Gasteiger partial charge in [-0.1, -0.05) is 0 Å². The largest absolute Gasteiger partial charge is 0.435 e. The van der Waals surface area contributed by atoms with E-state index < -0.39 is 12.2 Å². The summed E-state index contributed by atoms with van der Waals surface area (Å²) < 4.78 is 28.2. The van der Waals surface area contributed by atoms with E-state index in [0.717, 1.165) is 0 Å². The Bertz CT molecular complexity index is 459. The summed E-state index contributed by atoms with van der Waals surface area (Å²) in [4.78, 5) is 13.6. The van der Waals surface area contributed by atoms with Crippen LogP contribution >= 0.6 is 0 Å². The summed E-state index contributed by atoms with van der Waals surface area (Å²) in [7, 11) is 0. The number of alkyl halides is 2. The molecule has 1 heterocycles. The molecule has 1 saturated heterocycles. The molecular weight excluding hydrogens is 256 g/mol. The van der Waals surface area contributed by atoms with Gasteiger partial charge >= 0.3 is 6.61 Å². The van der Waals surface area contributed by atoms with Crippen LogP contribution in [0.4, 0.5) is 8.78 Å². The van der Waals surface area contributed by atoms with E-state index in [1.807, 2.05) is 0 Å². The minimum Gasteiger partial charge on any atom is -0.435 e. The topological polar surface area (TPSA) is 49.8 Å². The molecule has 0 saturated carbocycles. The number of ether oxygens (including phenoxy) is 1. The summed E-state index contributed by atoms with van der Waals surface area (Å²) in [6, 6.07) is 5.53. The third kappa shape index (κ3) is 3.41. The fourth-order valence-electron chi connectivity index (χ4n) is 2.08. The molecule has 1 aromatic carbocycles. The molecule has 0 aliphatic carbocycles. The molecule has 104 valence electrons. The van der Waals surface area contributed by atoms with E-state index in [-0.39, 0.29) is 18.2 Å². The van der Waals surface area contributed by atoms with Crippen LogP contribution in [0, 0.1) is 0 Å². The highest BCUT2D eigenvalue weighted by atomic mass is 19.3. The number of carbonyl (C=O) groups is 1. The summed E-state index contributed by atoms with van der Waals surface area (Å²) in [5.74, 6) is -0.207. The van der Waals surface area contributed by atoms with Gasteiger partial charge in [0, 0.05) is 18.7 Å². The van der Waals surface area contributed by atoms with Crippen molar-refractivity contribution < 1.29 is 23.4 Å². The lowest BCUT2D eigenvalue weighted by molar-refractivity contribution is -0.0498. The molecule has 0 radical (unpaired) electrons. The third-order valence-corrected chi connectivity index (χ3v) is 3.07. The molecule has 1 aromatic rings. The highest BCUT2D eigenvalue weighted by molar-refractivity contribution is 5.94. The van der Waals surface area contributed by atoms with E-state index in [0.29, 0.717) is 18.5 Å². The molecule has 0 aromatic heterocycles. The molecule has 1 atom stereocenters. The standard InChI is InChI=1S/C13H15F2NO3/c1-13(18)6-7-16(8-13)11(17)9-2-4-10(5-3-9)19-12(14)15/h2-5,12,18H,6-8H2,1H3. The molecule has 0 bridgehead atoms. The Kier molecular flexibility index (Phi) is 3.71. The number of hydrogen-bond acceptors (Lipinski definition) is 3. The number of hydrogen-bond donors (Lipinski definition) is 1. The predicted molar refractivity (Wildman–Crippen MR) is 64.2 cm³/mol. The first-order chi connectivity index (χ1) is 8.87. The normalized spacial score (nSPS) is 22.9. The summed E-state index contributed by atoms with van der Waals surface area (Å²) in [5.41, 5.74) is -0.465. The molecule has 19 heavy (non-hydrogen) atoms. The Hall–Kier alpha value is -1.69. The number of likely N-dealkylation sites (tertiary alicyclic amines) is 1. The molecule has 1 unspecified atom stereocenters. The zero-order valence-corrected chi connectivity index (χ0v) is 10.5. The molecular formula is C13H15F2NO3. The van der Waals surface area contributed by atoms with Gasteiger partial charge in [0.1, 0.15) is 5.75 Å². The van der Waals surface area contributed by atoms with Gasteiger partial charge in [-0.3, -0.25) is 4.79 Å². The van der Waals surface area contributed by atoms with Gasteiger partial charge in [-0.25, -0.2) is 0 Å². The van der Waals surface area contributed by atoms with Gasteiger partial charge in [0.2, 0.25) is 0 Å². The van der Waals surface area contributed by atoms with Crippen molar-refractivity contribution in [3.8, 4) is 5.75 Å². The van der Waals surface area contributed by atoms with Gasteiger partial charge in [-0.2, -0.15) is 8.78 Å². The van der Waals surface area contributed by atoms with Crippen LogP contribution in [0.15, 0.2) is 24.3 Å². The highest BCUT2D eigenvalue weighted by Crippen LogP contribution is 2.23. The van der Waals surface area contributed by atoms with Gasteiger partial charge in [0.15, 0.2) is 0 Å². The van der Waals surface area contributed by atoms with Gasteiger partial charge in [-0.05, 0) is 37.6 Å².